The predicted octanol–water partition coefficient (Wildman–Crippen LogP) is 3.37. The number of hydrogen-bond acceptors (Lipinski definition) is 1. The molecular weight excluding hydrogens is 207 g/mol. The summed E-state index contributed by atoms with van der Waals surface area (Å²) in [5.74, 6) is 1.16. The third kappa shape index (κ3) is 12.0. The van der Waals surface area contributed by atoms with Gasteiger partial charge < -0.3 is 4.74 Å². The normalized spacial score (nSPS) is 11.8. The molecule has 0 aliphatic carbocycles. The van der Waals surface area contributed by atoms with E-state index in [1.54, 1.807) is 0 Å². The monoisotopic (exact) mass is 222 g/mol. The Morgan fingerprint density at radius 2 is 1.23 bits per heavy atom. The van der Waals surface area contributed by atoms with Crippen LogP contribution in [-0.4, -0.2) is 25.0 Å². The third-order valence-electron chi connectivity index (χ3n) is 1.37. The Hall–Kier alpha value is 0.0200. The van der Waals surface area contributed by atoms with Gasteiger partial charge in [0.05, 0.1) is 13.2 Å². The van der Waals surface area contributed by atoms with E-state index in [1.807, 2.05) is 24.3 Å². The second kappa shape index (κ2) is 12.0. The summed E-state index contributed by atoms with van der Waals surface area (Å²) in [5.41, 5.74) is 0. The lowest BCUT2D eigenvalue weighted by molar-refractivity contribution is 0.143. The SMILES string of the molecule is ClCC=CCCOCCC=CCCl. The van der Waals surface area contributed by atoms with Crippen LogP contribution in [0.5, 0.6) is 0 Å². The van der Waals surface area contributed by atoms with Crippen LogP contribution in [0.1, 0.15) is 12.8 Å². The highest BCUT2D eigenvalue weighted by Gasteiger charge is 1.83. The Bertz CT molecular complexity index is 128. The summed E-state index contributed by atoms with van der Waals surface area (Å²) in [4.78, 5) is 0. The number of allylic oxidation sites excluding steroid dienone is 2. The highest BCUT2D eigenvalue weighted by Crippen LogP contribution is 1.90. The number of alkyl halides is 2. The zero-order valence-corrected chi connectivity index (χ0v) is 9.23. The van der Waals surface area contributed by atoms with Crippen molar-refractivity contribution in [2.45, 2.75) is 12.8 Å². The van der Waals surface area contributed by atoms with Crippen LogP contribution in [0.2, 0.25) is 0 Å². The molecule has 0 aliphatic rings. The van der Waals surface area contributed by atoms with Crippen LogP contribution in [-0.2, 0) is 4.74 Å². The van der Waals surface area contributed by atoms with Crippen LogP contribution in [0.4, 0.5) is 0 Å². The Labute approximate surface area is 90.4 Å². The van der Waals surface area contributed by atoms with E-state index in [1.165, 1.54) is 0 Å². The van der Waals surface area contributed by atoms with E-state index in [9.17, 15) is 0 Å². The summed E-state index contributed by atoms with van der Waals surface area (Å²) in [5, 5.41) is 0. The highest BCUT2D eigenvalue weighted by molar-refractivity contribution is 6.19. The van der Waals surface area contributed by atoms with Crippen molar-refractivity contribution < 1.29 is 4.74 Å². The maximum Gasteiger partial charge on any atom is 0.0500 e. The van der Waals surface area contributed by atoms with E-state index in [2.05, 4.69) is 0 Å². The lowest BCUT2D eigenvalue weighted by Crippen LogP contribution is -1.94. The third-order valence-corrected chi connectivity index (χ3v) is 1.73. The van der Waals surface area contributed by atoms with E-state index >= 15 is 0 Å². The van der Waals surface area contributed by atoms with E-state index in [-0.39, 0.29) is 0 Å². The highest BCUT2D eigenvalue weighted by atomic mass is 35.5. The van der Waals surface area contributed by atoms with Crippen molar-refractivity contribution in [1.82, 2.24) is 0 Å². The molecule has 0 aliphatic heterocycles. The molecule has 0 bridgehead atoms. The second-order valence-electron chi connectivity index (χ2n) is 2.44. The minimum absolute atomic E-state index is 0.582. The predicted molar refractivity (Wildman–Crippen MR) is 59.8 cm³/mol. The summed E-state index contributed by atoms with van der Waals surface area (Å²) < 4.78 is 5.34. The minimum atomic E-state index is 0.582. The van der Waals surface area contributed by atoms with Gasteiger partial charge in [-0.1, -0.05) is 24.3 Å². The largest absolute Gasteiger partial charge is 0.381 e. The molecule has 0 radical (unpaired) electrons. The molecule has 0 amide bonds. The molecule has 0 saturated heterocycles. The van der Waals surface area contributed by atoms with Gasteiger partial charge in [-0.3, -0.25) is 0 Å². The van der Waals surface area contributed by atoms with Crippen molar-refractivity contribution in [2.24, 2.45) is 0 Å². The first-order chi connectivity index (χ1) is 6.41. The quantitative estimate of drug-likeness (QED) is 0.348. The van der Waals surface area contributed by atoms with E-state index in [0.29, 0.717) is 11.8 Å². The number of rotatable bonds is 8. The summed E-state index contributed by atoms with van der Waals surface area (Å²) in [6.45, 7) is 1.53. The summed E-state index contributed by atoms with van der Waals surface area (Å²) in [6.07, 6.45) is 9.79. The maximum absolute atomic E-state index is 5.45. The minimum Gasteiger partial charge on any atom is -0.381 e. The molecule has 0 aromatic carbocycles. The van der Waals surface area contributed by atoms with Gasteiger partial charge >= 0.3 is 0 Å². The molecule has 0 fully saturated rings. The van der Waals surface area contributed by atoms with Gasteiger partial charge in [-0.15, -0.1) is 23.2 Å². The lowest BCUT2D eigenvalue weighted by Gasteiger charge is -1.98. The van der Waals surface area contributed by atoms with Gasteiger partial charge in [-0.25, -0.2) is 0 Å². The van der Waals surface area contributed by atoms with Crippen molar-refractivity contribution in [3.8, 4) is 0 Å². The Morgan fingerprint density at radius 3 is 1.62 bits per heavy atom. The standard InChI is InChI=1S/C10H16Cl2O/c11-7-3-1-5-9-13-10-6-2-4-8-12/h1-4H,5-10H2. The number of ether oxygens (including phenoxy) is 1. The zero-order chi connectivity index (χ0) is 9.78. The van der Waals surface area contributed by atoms with Crippen molar-refractivity contribution >= 4 is 23.2 Å². The Balaban J connectivity index is 2.99. The van der Waals surface area contributed by atoms with Crippen molar-refractivity contribution in [2.75, 3.05) is 25.0 Å². The fourth-order valence-corrected chi connectivity index (χ4v) is 1.02. The van der Waals surface area contributed by atoms with Gasteiger partial charge in [-0.05, 0) is 12.8 Å². The van der Waals surface area contributed by atoms with Gasteiger partial charge in [0, 0.05) is 11.8 Å². The molecule has 13 heavy (non-hydrogen) atoms. The second-order valence-corrected chi connectivity index (χ2v) is 3.06. The van der Waals surface area contributed by atoms with Crippen molar-refractivity contribution in [3.63, 3.8) is 0 Å². The van der Waals surface area contributed by atoms with Gasteiger partial charge in [0.1, 0.15) is 0 Å². The van der Waals surface area contributed by atoms with Crippen LogP contribution in [0, 0.1) is 0 Å². The van der Waals surface area contributed by atoms with E-state index in [4.69, 9.17) is 27.9 Å². The smallest absolute Gasteiger partial charge is 0.0500 e. The lowest BCUT2D eigenvalue weighted by atomic mass is 10.4. The molecule has 0 rings (SSSR count). The Kier molecular flexibility index (Phi) is 12.0. The molecule has 0 heterocycles. The molecule has 0 aromatic rings. The van der Waals surface area contributed by atoms with Crippen molar-refractivity contribution in [3.05, 3.63) is 24.3 Å². The first-order valence-corrected chi connectivity index (χ1v) is 5.48. The average molecular weight is 223 g/mol. The van der Waals surface area contributed by atoms with Crippen LogP contribution in [0.3, 0.4) is 0 Å². The fourth-order valence-electron chi connectivity index (χ4n) is 0.767. The molecule has 76 valence electrons. The molecule has 0 aromatic heterocycles. The van der Waals surface area contributed by atoms with Gasteiger partial charge in [0.25, 0.3) is 0 Å². The van der Waals surface area contributed by atoms with Crippen LogP contribution < -0.4 is 0 Å². The first-order valence-electron chi connectivity index (χ1n) is 4.41. The van der Waals surface area contributed by atoms with Crippen LogP contribution >= 0.6 is 23.2 Å². The fraction of sp³-hybridized carbons (Fsp3) is 0.600. The summed E-state index contributed by atoms with van der Waals surface area (Å²) in [7, 11) is 0. The molecule has 3 heteroatoms. The number of hydrogen-bond donors (Lipinski definition) is 0. The zero-order valence-electron chi connectivity index (χ0n) is 7.72. The van der Waals surface area contributed by atoms with Gasteiger partial charge in [0.15, 0.2) is 0 Å². The summed E-state index contributed by atoms with van der Waals surface area (Å²) in [6, 6.07) is 0. The molecule has 0 N–H and O–H groups in total. The Morgan fingerprint density at radius 1 is 0.769 bits per heavy atom. The summed E-state index contributed by atoms with van der Waals surface area (Å²) >= 11 is 10.9. The molecule has 0 atom stereocenters. The molecule has 0 spiro atoms. The first kappa shape index (κ1) is 13.0. The molecule has 0 saturated carbocycles. The molecule has 1 nitrogen and oxygen atoms in total. The topological polar surface area (TPSA) is 9.23 Å². The molecule has 0 unspecified atom stereocenters. The van der Waals surface area contributed by atoms with Crippen molar-refractivity contribution in [1.29, 1.82) is 0 Å². The molecular formula is C10H16Cl2O. The van der Waals surface area contributed by atoms with E-state index < -0.39 is 0 Å². The van der Waals surface area contributed by atoms with Gasteiger partial charge in [0.2, 0.25) is 0 Å². The van der Waals surface area contributed by atoms with Crippen LogP contribution in [0.25, 0.3) is 0 Å². The maximum atomic E-state index is 5.45. The average Bonchev–Trinajstić information content (AvgIpc) is 2.16. The van der Waals surface area contributed by atoms with E-state index in [0.717, 1.165) is 26.1 Å². The van der Waals surface area contributed by atoms with Gasteiger partial charge in [-0.2, -0.15) is 0 Å². The van der Waals surface area contributed by atoms with Crippen LogP contribution in [0.15, 0.2) is 24.3 Å². The number of halogens is 2.